The van der Waals surface area contributed by atoms with Crippen LogP contribution in [-0.4, -0.2) is 18.5 Å². The highest BCUT2D eigenvalue weighted by Crippen LogP contribution is 2.30. The van der Waals surface area contributed by atoms with Crippen molar-refractivity contribution in [3.05, 3.63) is 70.3 Å². The minimum Gasteiger partial charge on any atom is -0.488 e. The Kier molecular flexibility index (Phi) is 4.53. The Hall–Kier alpha value is -2.79. The van der Waals surface area contributed by atoms with Crippen LogP contribution >= 0.6 is 11.6 Å². The van der Waals surface area contributed by atoms with Crippen molar-refractivity contribution in [2.75, 3.05) is 6.61 Å². The molecular formula is C18H14ClNO4. The van der Waals surface area contributed by atoms with Gasteiger partial charge >= 0.3 is 5.97 Å². The Labute approximate surface area is 143 Å². The van der Waals surface area contributed by atoms with Crippen molar-refractivity contribution < 1.29 is 19.1 Å². The van der Waals surface area contributed by atoms with Crippen LogP contribution in [0.2, 0.25) is 5.02 Å². The molecule has 0 saturated heterocycles. The first-order valence-corrected chi connectivity index (χ1v) is 7.60. The SMILES string of the molecule is NC(=O)C(OC(=O)C1=Cc2cc(Cl)ccc2OC1)c1ccccc1. The second-order valence-electron chi connectivity index (χ2n) is 5.24. The molecule has 6 heteroatoms. The zero-order valence-electron chi connectivity index (χ0n) is 12.6. The molecule has 24 heavy (non-hydrogen) atoms. The van der Waals surface area contributed by atoms with Gasteiger partial charge in [-0.2, -0.15) is 0 Å². The lowest BCUT2D eigenvalue weighted by atomic mass is 10.1. The molecule has 1 unspecified atom stereocenters. The predicted octanol–water partition coefficient (Wildman–Crippen LogP) is 2.89. The van der Waals surface area contributed by atoms with Crippen LogP contribution in [0.3, 0.4) is 0 Å². The molecule has 2 N–H and O–H groups in total. The Balaban J connectivity index is 1.83. The average Bonchev–Trinajstić information content (AvgIpc) is 2.59. The summed E-state index contributed by atoms with van der Waals surface area (Å²) in [5, 5.41) is 0.530. The summed E-state index contributed by atoms with van der Waals surface area (Å²) >= 11 is 5.95. The van der Waals surface area contributed by atoms with E-state index in [2.05, 4.69) is 0 Å². The number of halogens is 1. The fraction of sp³-hybridized carbons (Fsp3) is 0.111. The van der Waals surface area contributed by atoms with Crippen molar-refractivity contribution in [1.82, 2.24) is 0 Å². The molecule has 0 aliphatic carbocycles. The van der Waals surface area contributed by atoms with Gasteiger partial charge in [-0.05, 0) is 24.3 Å². The third-order valence-corrected chi connectivity index (χ3v) is 3.77. The first kappa shape index (κ1) is 16.1. The average molecular weight is 344 g/mol. The van der Waals surface area contributed by atoms with Crippen molar-refractivity contribution in [3.8, 4) is 5.75 Å². The topological polar surface area (TPSA) is 78.6 Å². The van der Waals surface area contributed by atoms with E-state index in [9.17, 15) is 9.59 Å². The summed E-state index contributed by atoms with van der Waals surface area (Å²) < 4.78 is 10.8. The van der Waals surface area contributed by atoms with Gasteiger partial charge in [0.2, 0.25) is 6.10 Å². The molecule has 0 radical (unpaired) electrons. The maximum Gasteiger partial charge on any atom is 0.338 e. The number of carbonyl (C=O) groups excluding carboxylic acids is 2. The highest BCUT2D eigenvalue weighted by atomic mass is 35.5. The Morgan fingerprint density at radius 1 is 1.17 bits per heavy atom. The standard InChI is InChI=1S/C18H14ClNO4/c19-14-6-7-15-12(9-14)8-13(10-23-15)18(22)24-16(17(20)21)11-4-2-1-3-5-11/h1-9,16H,10H2,(H2,20,21). The maximum absolute atomic E-state index is 12.4. The van der Waals surface area contributed by atoms with Gasteiger partial charge in [0.15, 0.2) is 0 Å². The molecule has 1 heterocycles. The van der Waals surface area contributed by atoms with E-state index in [1.54, 1.807) is 54.6 Å². The molecule has 5 nitrogen and oxygen atoms in total. The fourth-order valence-electron chi connectivity index (χ4n) is 2.37. The summed E-state index contributed by atoms with van der Waals surface area (Å²) in [7, 11) is 0. The number of hydrogen-bond acceptors (Lipinski definition) is 4. The van der Waals surface area contributed by atoms with E-state index in [0.717, 1.165) is 0 Å². The monoisotopic (exact) mass is 343 g/mol. The number of esters is 1. The third-order valence-electron chi connectivity index (χ3n) is 3.53. The first-order valence-electron chi connectivity index (χ1n) is 7.23. The van der Waals surface area contributed by atoms with Crippen molar-refractivity contribution in [2.24, 2.45) is 5.73 Å². The predicted molar refractivity (Wildman–Crippen MR) is 89.4 cm³/mol. The van der Waals surface area contributed by atoms with Crippen molar-refractivity contribution >= 4 is 29.6 Å². The van der Waals surface area contributed by atoms with Crippen molar-refractivity contribution in [1.29, 1.82) is 0 Å². The molecule has 1 aliphatic rings. The summed E-state index contributed by atoms with van der Waals surface area (Å²) in [6.45, 7) is 0.0493. The van der Waals surface area contributed by atoms with Gasteiger partial charge < -0.3 is 15.2 Å². The van der Waals surface area contributed by atoms with Gasteiger partial charge in [0.1, 0.15) is 12.4 Å². The van der Waals surface area contributed by atoms with E-state index in [4.69, 9.17) is 26.8 Å². The second-order valence-corrected chi connectivity index (χ2v) is 5.68. The van der Waals surface area contributed by atoms with Crippen LogP contribution < -0.4 is 10.5 Å². The number of amides is 1. The van der Waals surface area contributed by atoms with Crippen LogP contribution in [0.4, 0.5) is 0 Å². The van der Waals surface area contributed by atoms with Crippen molar-refractivity contribution in [3.63, 3.8) is 0 Å². The zero-order chi connectivity index (χ0) is 17.1. The number of rotatable bonds is 4. The Morgan fingerprint density at radius 3 is 2.62 bits per heavy atom. The van der Waals surface area contributed by atoms with E-state index in [-0.39, 0.29) is 12.2 Å². The molecule has 1 amide bonds. The highest BCUT2D eigenvalue weighted by Gasteiger charge is 2.26. The molecule has 122 valence electrons. The lowest BCUT2D eigenvalue weighted by Crippen LogP contribution is -2.28. The largest absolute Gasteiger partial charge is 0.488 e. The summed E-state index contributed by atoms with van der Waals surface area (Å²) in [6, 6.07) is 13.7. The fourth-order valence-corrected chi connectivity index (χ4v) is 2.55. The smallest absolute Gasteiger partial charge is 0.338 e. The summed E-state index contributed by atoms with van der Waals surface area (Å²) in [5.41, 5.74) is 6.83. The lowest BCUT2D eigenvalue weighted by Gasteiger charge is -2.20. The molecule has 2 aromatic carbocycles. The van der Waals surface area contributed by atoms with Crippen molar-refractivity contribution in [2.45, 2.75) is 6.10 Å². The number of hydrogen-bond donors (Lipinski definition) is 1. The number of primary amides is 1. The minimum absolute atomic E-state index is 0.0493. The second kappa shape index (κ2) is 6.76. The maximum atomic E-state index is 12.4. The van der Waals surface area contributed by atoms with Gasteiger partial charge in [-0.3, -0.25) is 4.79 Å². The molecule has 0 fully saturated rings. The van der Waals surface area contributed by atoms with Gasteiger partial charge in [0.25, 0.3) is 5.91 Å². The van der Waals surface area contributed by atoms with Crippen LogP contribution in [0.5, 0.6) is 5.75 Å². The molecule has 3 rings (SSSR count). The van der Waals surface area contributed by atoms with Crippen LogP contribution in [-0.2, 0) is 14.3 Å². The lowest BCUT2D eigenvalue weighted by molar-refractivity contribution is -0.151. The molecular weight excluding hydrogens is 330 g/mol. The van der Waals surface area contributed by atoms with E-state index in [1.165, 1.54) is 0 Å². The normalized spacial score (nSPS) is 14.0. The number of nitrogens with two attached hydrogens (primary N) is 1. The Bertz CT molecular complexity index is 817. The molecule has 1 atom stereocenters. The van der Waals surface area contributed by atoms with Gasteiger partial charge in [-0.1, -0.05) is 41.9 Å². The number of carbonyl (C=O) groups is 2. The quantitative estimate of drug-likeness (QED) is 0.866. The van der Waals surface area contributed by atoms with Gasteiger partial charge in [-0.25, -0.2) is 4.79 Å². The van der Waals surface area contributed by atoms with E-state index in [0.29, 0.717) is 21.9 Å². The van der Waals surface area contributed by atoms with Crippen LogP contribution in [0.15, 0.2) is 54.1 Å². The van der Waals surface area contributed by atoms with Crippen LogP contribution in [0.25, 0.3) is 6.08 Å². The number of ether oxygens (including phenoxy) is 2. The van der Waals surface area contributed by atoms with Gasteiger partial charge in [0, 0.05) is 16.1 Å². The third kappa shape index (κ3) is 3.41. The van der Waals surface area contributed by atoms with Crippen LogP contribution in [0.1, 0.15) is 17.2 Å². The Morgan fingerprint density at radius 2 is 1.92 bits per heavy atom. The molecule has 1 aliphatic heterocycles. The minimum atomic E-state index is -1.15. The molecule has 0 spiro atoms. The summed E-state index contributed by atoms with van der Waals surface area (Å²) in [6.07, 6.45) is 0.483. The van der Waals surface area contributed by atoms with E-state index >= 15 is 0 Å². The summed E-state index contributed by atoms with van der Waals surface area (Å²) in [5.74, 6) is -0.769. The number of benzene rings is 2. The highest BCUT2D eigenvalue weighted by molar-refractivity contribution is 6.30. The van der Waals surface area contributed by atoms with E-state index in [1.807, 2.05) is 0 Å². The number of fused-ring (bicyclic) bond motifs is 1. The molecule has 0 aromatic heterocycles. The zero-order valence-corrected chi connectivity index (χ0v) is 13.3. The molecule has 0 saturated carbocycles. The summed E-state index contributed by atoms with van der Waals surface area (Å²) in [4.78, 5) is 24.0. The first-order chi connectivity index (χ1) is 11.5. The van der Waals surface area contributed by atoms with Gasteiger partial charge in [0.05, 0.1) is 5.57 Å². The molecule has 2 aromatic rings. The molecule has 0 bridgehead atoms. The van der Waals surface area contributed by atoms with E-state index < -0.39 is 18.0 Å². The van der Waals surface area contributed by atoms with Gasteiger partial charge in [-0.15, -0.1) is 0 Å². The van der Waals surface area contributed by atoms with Crippen LogP contribution in [0, 0.1) is 0 Å².